The van der Waals surface area contributed by atoms with Gasteiger partial charge in [-0.15, -0.1) is 0 Å². The molecule has 1 saturated heterocycles. The lowest BCUT2D eigenvalue weighted by molar-refractivity contribution is -0.143. The van der Waals surface area contributed by atoms with E-state index in [9.17, 15) is 19.5 Å². The highest BCUT2D eigenvalue weighted by Gasteiger charge is 2.27. The number of nitrogens with zero attached hydrogens (tertiary/aromatic N) is 1. The molecule has 0 aliphatic carbocycles. The van der Waals surface area contributed by atoms with Crippen molar-refractivity contribution in [3.63, 3.8) is 0 Å². The Labute approximate surface area is 115 Å². The van der Waals surface area contributed by atoms with E-state index in [0.717, 1.165) is 4.90 Å². The summed E-state index contributed by atoms with van der Waals surface area (Å²) in [4.78, 5) is 35.9. The number of likely N-dealkylation sites (tertiary alicyclic amines) is 1. The van der Waals surface area contributed by atoms with Gasteiger partial charge in [-0.3, -0.25) is 14.5 Å². The average Bonchev–Trinajstić information content (AvgIpc) is 2.85. The molecular weight excluding hydrogens is 262 g/mol. The van der Waals surface area contributed by atoms with E-state index in [4.69, 9.17) is 4.74 Å². The van der Waals surface area contributed by atoms with Crippen LogP contribution in [0.2, 0.25) is 0 Å². The maximum absolute atomic E-state index is 11.8. The van der Waals surface area contributed by atoms with Crippen molar-refractivity contribution < 1.29 is 24.2 Å². The third kappa shape index (κ3) is 2.79. The van der Waals surface area contributed by atoms with E-state index in [-0.39, 0.29) is 17.2 Å². The standard InChI is InChI=1S/C14H15NO5/c1-9-4-2-5-10(13(9)18)14(19)20-8-12(17)15-7-3-6-11(15)16/h2,4-5,18H,3,6-8H2,1H3. The predicted octanol–water partition coefficient (Wildman–Crippen LogP) is 1.01. The number of carbonyl (C=O) groups excluding carboxylic acids is 3. The Kier molecular flexibility index (Phi) is 4.02. The first-order valence-electron chi connectivity index (χ1n) is 6.29. The lowest BCUT2D eigenvalue weighted by atomic mass is 10.1. The summed E-state index contributed by atoms with van der Waals surface area (Å²) in [5, 5.41) is 9.74. The number of amides is 2. The first-order chi connectivity index (χ1) is 9.50. The molecular formula is C14H15NO5. The fourth-order valence-electron chi connectivity index (χ4n) is 2.02. The SMILES string of the molecule is Cc1cccc(C(=O)OCC(=O)N2CCCC2=O)c1O. The van der Waals surface area contributed by atoms with Crippen LogP contribution in [0.5, 0.6) is 5.75 Å². The third-order valence-electron chi connectivity index (χ3n) is 3.16. The second-order valence-corrected chi connectivity index (χ2v) is 4.59. The van der Waals surface area contributed by atoms with Gasteiger partial charge in [-0.25, -0.2) is 4.79 Å². The van der Waals surface area contributed by atoms with Gasteiger partial charge in [0.1, 0.15) is 11.3 Å². The van der Waals surface area contributed by atoms with E-state index in [2.05, 4.69) is 0 Å². The minimum Gasteiger partial charge on any atom is -0.507 e. The molecule has 1 fully saturated rings. The normalized spacial score (nSPS) is 14.4. The van der Waals surface area contributed by atoms with Gasteiger partial charge in [0.15, 0.2) is 6.61 Å². The first-order valence-corrected chi connectivity index (χ1v) is 6.29. The number of carbonyl (C=O) groups is 3. The molecule has 1 aliphatic heterocycles. The van der Waals surface area contributed by atoms with Crippen LogP contribution < -0.4 is 0 Å². The topological polar surface area (TPSA) is 83.9 Å². The fraction of sp³-hybridized carbons (Fsp3) is 0.357. The summed E-state index contributed by atoms with van der Waals surface area (Å²) < 4.78 is 4.84. The Hall–Kier alpha value is -2.37. The second-order valence-electron chi connectivity index (χ2n) is 4.59. The minimum atomic E-state index is -0.786. The summed E-state index contributed by atoms with van der Waals surface area (Å²) in [6.45, 7) is 1.52. The van der Waals surface area contributed by atoms with Crippen LogP contribution in [0, 0.1) is 6.92 Å². The number of hydrogen-bond donors (Lipinski definition) is 1. The van der Waals surface area contributed by atoms with Gasteiger partial charge in [-0.2, -0.15) is 0 Å². The van der Waals surface area contributed by atoms with Gasteiger partial charge in [-0.05, 0) is 25.0 Å². The van der Waals surface area contributed by atoms with Crippen molar-refractivity contribution in [2.45, 2.75) is 19.8 Å². The van der Waals surface area contributed by atoms with E-state index < -0.39 is 18.5 Å². The molecule has 2 rings (SSSR count). The van der Waals surface area contributed by atoms with Gasteiger partial charge >= 0.3 is 5.97 Å². The summed E-state index contributed by atoms with van der Waals surface area (Å²) >= 11 is 0. The number of benzene rings is 1. The number of hydrogen-bond acceptors (Lipinski definition) is 5. The van der Waals surface area contributed by atoms with Crippen molar-refractivity contribution >= 4 is 17.8 Å². The van der Waals surface area contributed by atoms with Gasteiger partial charge in [0, 0.05) is 13.0 Å². The van der Waals surface area contributed by atoms with Crippen molar-refractivity contribution in [3.05, 3.63) is 29.3 Å². The molecule has 1 aromatic carbocycles. The Morgan fingerprint density at radius 1 is 1.40 bits per heavy atom. The number of imide groups is 1. The molecule has 0 atom stereocenters. The van der Waals surface area contributed by atoms with Crippen molar-refractivity contribution in [1.29, 1.82) is 0 Å². The summed E-state index contributed by atoms with van der Waals surface area (Å²) in [6, 6.07) is 4.67. The van der Waals surface area contributed by atoms with E-state index in [0.29, 0.717) is 24.9 Å². The maximum atomic E-state index is 11.8. The average molecular weight is 277 g/mol. The number of aromatic hydroxyl groups is 1. The minimum absolute atomic E-state index is 0.00514. The molecule has 0 unspecified atom stereocenters. The van der Waals surface area contributed by atoms with Crippen LogP contribution >= 0.6 is 0 Å². The van der Waals surface area contributed by atoms with E-state index in [1.54, 1.807) is 19.1 Å². The lowest BCUT2D eigenvalue weighted by Crippen LogP contribution is -2.35. The highest BCUT2D eigenvalue weighted by Crippen LogP contribution is 2.22. The molecule has 6 heteroatoms. The maximum Gasteiger partial charge on any atom is 0.342 e. The molecule has 0 aromatic heterocycles. The lowest BCUT2D eigenvalue weighted by Gasteiger charge is -2.13. The molecule has 0 spiro atoms. The zero-order valence-electron chi connectivity index (χ0n) is 11.1. The molecule has 0 bridgehead atoms. The number of rotatable bonds is 3. The zero-order chi connectivity index (χ0) is 14.7. The fourth-order valence-corrected chi connectivity index (χ4v) is 2.02. The highest BCUT2D eigenvalue weighted by atomic mass is 16.5. The van der Waals surface area contributed by atoms with Crippen LogP contribution in [0.15, 0.2) is 18.2 Å². The predicted molar refractivity (Wildman–Crippen MR) is 69.1 cm³/mol. The van der Waals surface area contributed by atoms with Crippen LogP contribution in [-0.2, 0) is 14.3 Å². The third-order valence-corrected chi connectivity index (χ3v) is 3.16. The summed E-state index contributed by atoms with van der Waals surface area (Å²) in [5.74, 6) is -1.73. The summed E-state index contributed by atoms with van der Waals surface area (Å²) in [7, 11) is 0. The Morgan fingerprint density at radius 2 is 2.15 bits per heavy atom. The van der Waals surface area contributed by atoms with E-state index in [1.807, 2.05) is 0 Å². The number of phenols is 1. The quantitative estimate of drug-likeness (QED) is 0.833. The number of ether oxygens (including phenoxy) is 1. The molecule has 20 heavy (non-hydrogen) atoms. The Bertz CT molecular complexity index is 567. The number of esters is 1. The Balaban J connectivity index is 1.97. The molecule has 1 aliphatic rings. The van der Waals surface area contributed by atoms with Crippen LogP contribution in [0.3, 0.4) is 0 Å². The van der Waals surface area contributed by atoms with Crippen molar-refractivity contribution in [2.75, 3.05) is 13.2 Å². The smallest absolute Gasteiger partial charge is 0.342 e. The van der Waals surface area contributed by atoms with Crippen molar-refractivity contribution in [2.24, 2.45) is 0 Å². The van der Waals surface area contributed by atoms with Gasteiger partial charge in [-0.1, -0.05) is 12.1 Å². The first kappa shape index (κ1) is 14.0. The monoisotopic (exact) mass is 277 g/mol. The molecule has 1 heterocycles. The zero-order valence-corrected chi connectivity index (χ0v) is 11.1. The molecule has 106 valence electrons. The van der Waals surface area contributed by atoms with Crippen molar-refractivity contribution in [1.82, 2.24) is 4.90 Å². The second kappa shape index (κ2) is 5.73. The molecule has 1 aromatic rings. The summed E-state index contributed by atoms with van der Waals surface area (Å²) in [5.41, 5.74) is 0.547. The van der Waals surface area contributed by atoms with Crippen LogP contribution in [-0.4, -0.2) is 40.9 Å². The largest absolute Gasteiger partial charge is 0.507 e. The van der Waals surface area contributed by atoms with Crippen LogP contribution in [0.25, 0.3) is 0 Å². The van der Waals surface area contributed by atoms with E-state index >= 15 is 0 Å². The molecule has 0 saturated carbocycles. The molecule has 2 amide bonds. The molecule has 1 N–H and O–H groups in total. The highest BCUT2D eigenvalue weighted by molar-refractivity contribution is 5.99. The summed E-state index contributed by atoms with van der Waals surface area (Å²) in [6.07, 6.45) is 0.982. The van der Waals surface area contributed by atoms with Gasteiger partial charge in [0.05, 0.1) is 0 Å². The Morgan fingerprint density at radius 3 is 2.80 bits per heavy atom. The van der Waals surface area contributed by atoms with Crippen LogP contribution in [0.4, 0.5) is 0 Å². The number of aryl methyl sites for hydroxylation is 1. The van der Waals surface area contributed by atoms with Gasteiger partial charge in [0.2, 0.25) is 5.91 Å². The van der Waals surface area contributed by atoms with Gasteiger partial charge in [0.25, 0.3) is 5.91 Å². The molecule has 6 nitrogen and oxygen atoms in total. The van der Waals surface area contributed by atoms with E-state index in [1.165, 1.54) is 6.07 Å². The van der Waals surface area contributed by atoms with Crippen molar-refractivity contribution in [3.8, 4) is 5.75 Å². The van der Waals surface area contributed by atoms with Crippen LogP contribution in [0.1, 0.15) is 28.8 Å². The van der Waals surface area contributed by atoms with Gasteiger partial charge < -0.3 is 9.84 Å². The number of para-hydroxylation sites is 1. The molecule has 0 radical (unpaired) electrons. The number of phenolic OH excluding ortho intramolecular Hbond substituents is 1.